The second kappa shape index (κ2) is 6.70. The maximum Gasteiger partial charge on any atom is 0.0207 e. The summed E-state index contributed by atoms with van der Waals surface area (Å²) < 4.78 is 0. The van der Waals surface area contributed by atoms with Crippen LogP contribution in [0.5, 0.6) is 0 Å². The Labute approximate surface area is 92.8 Å². The lowest BCUT2D eigenvalue weighted by Gasteiger charge is -2.20. The SMILES string of the molecule is CSCCCNC1CCN(C(C)C)C1. The third-order valence-electron chi connectivity index (χ3n) is 2.91. The van der Waals surface area contributed by atoms with Gasteiger partial charge in [0.15, 0.2) is 0 Å². The molecule has 1 N–H and O–H groups in total. The van der Waals surface area contributed by atoms with E-state index < -0.39 is 0 Å². The number of likely N-dealkylation sites (tertiary alicyclic amines) is 1. The Hall–Kier alpha value is 0.270. The summed E-state index contributed by atoms with van der Waals surface area (Å²) in [7, 11) is 0. The average molecular weight is 216 g/mol. The molecule has 0 radical (unpaired) electrons. The van der Waals surface area contributed by atoms with E-state index in [1.807, 2.05) is 11.8 Å². The van der Waals surface area contributed by atoms with E-state index in [4.69, 9.17) is 0 Å². The van der Waals surface area contributed by atoms with Crippen molar-refractivity contribution in [2.24, 2.45) is 0 Å². The first-order chi connectivity index (χ1) is 6.74. The fourth-order valence-corrected chi connectivity index (χ4v) is 2.38. The lowest BCUT2D eigenvalue weighted by Crippen LogP contribution is -2.35. The average Bonchev–Trinajstić information content (AvgIpc) is 2.61. The van der Waals surface area contributed by atoms with Crippen LogP contribution >= 0.6 is 11.8 Å². The monoisotopic (exact) mass is 216 g/mol. The van der Waals surface area contributed by atoms with Crippen LogP contribution < -0.4 is 5.32 Å². The van der Waals surface area contributed by atoms with E-state index in [0.717, 1.165) is 6.04 Å². The molecule has 0 bridgehead atoms. The van der Waals surface area contributed by atoms with E-state index in [0.29, 0.717) is 6.04 Å². The molecule has 0 spiro atoms. The predicted molar refractivity (Wildman–Crippen MR) is 66.1 cm³/mol. The van der Waals surface area contributed by atoms with Gasteiger partial charge in [0.05, 0.1) is 0 Å². The minimum atomic E-state index is 0.716. The highest BCUT2D eigenvalue weighted by Crippen LogP contribution is 2.12. The molecule has 1 heterocycles. The van der Waals surface area contributed by atoms with Gasteiger partial charge in [-0.2, -0.15) is 11.8 Å². The summed E-state index contributed by atoms with van der Waals surface area (Å²) in [6.07, 6.45) is 4.81. The summed E-state index contributed by atoms with van der Waals surface area (Å²) in [6.45, 7) is 8.29. The van der Waals surface area contributed by atoms with E-state index in [1.54, 1.807) is 0 Å². The van der Waals surface area contributed by atoms with Gasteiger partial charge in [-0.25, -0.2) is 0 Å². The molecule has 2 nitrogen and oxygen atoms in total. The van der Waals surface area contributed by atoms with E-state index in [1.165, 1.54) is 38.2 Å². The van der Waals surface area contributed by atoms with Gasteiger partial charge < -0.3 is 5.32 Å². The van der Waals surface area contributed by atoms with Gasteiger partial charge in [-0.1, -0.05) is 0 Å². The first-order valence-electron chi connectivity index (χ1n) is 5.70. The second-order valence-electron chi connectivity index (χ2n) is 4.37. The number of nitrogens with one attached hydrogen (secondary N) is 1. The maximum absolute atomic E-state index is 3.65. The fraction of sp³-hybridized carbons (Fsp3) is 1.00. The maximum atomic E-state index is 3.65. The van der Waals surface area contributed by atoms with Crippen molar-refractivity contribution in [3.8, 4) is 0 Å². The summed E-state index contributed by atoms with van der Waals surface area (Å²) in [6, 6.07) is 1.47. The zero-order chi connectivity index (χ0) is 10.4. The summed E-state index contributed by atoms with van der Waals surface area (Å²) in [5.41, 5.74) is 0. The van der Waals surface area contributed by atoms with Gasteiger partial charge in [-0.05, 0) is 51.8 Å². The Morgan fingerprint density at radius 3 is 2.86 bits per heavy atom. The Morgan fingerprint density at radius 2 is 2.29 bits per heavy atom. The van der Waals surface area contributed by atoms with Gasteiger partial charge in [-0.3, -0.25) is 4.90 Å². The topological polar surface area (TPSA) is 15.3 Å². The molecule has 0 aromatic rings. The van der Waals surface area contributed by atoms with Gasteiger partial charge in [0.1, 0.15) is 0 Å². The van der Waals surface area contributed by atoms with Gasteiger partial charge in [-0.15, -0.1) is 0 Å². The fourth-order valence-electron chi connectivity index (χ4n) is 1.95. The van der Waals surface area contributed by atoms with Crippen molar-refractivity contribution in [3.63, 3.8) is 0 Å². The van der Waals surface area contributed by atoms with Crippen LogP contribution in [0.15, 0.2) is 0 Å². The smallest absolute Gasteiger partial charge is 0.0207 e. The molecule has 1 rings (SSSR count). The zero-order valence-electron chi connectivity index (χ0n) is 9.75. The van der Waals surface area contributed by atoms with Crippen LogP contribution in [0.4, 0.5) is 0 Å². The molecule has 1 atom stereocenters. The van der Waals surface area contributed by atoms with Crippen LogP contribution in [-0.2, 0) is 0 Å². The summed E-state index contributed by atoms with van der Waals surface area (Å²) >= 11 is 1.94. The van der Waals surface area contributed by atoms with Crippen LogP contribution in [0.25, 0.3) is 0 Å². The summed E-state index contributed by atoms with van der Waals surface area (Å²) in [4.78, 5) is 2.56. The summed E-state index contributed by atoms with van der Waals surface area (Å²) in [5, 5.41) is 3.65. The molecular formula is C11H24N2S. The minimum absolute atomic E-state index is 0.716. The van der Waals surface area contributed by atoms with E-state index in [9.17, 15) is 0 Å². The Balaban J connectivity index is 2.04. The molecule has 0 amide bonds. The van der Waals surface area contributed by atoms with Crippen LogP contribution in [-0.4, -0.2) is 48.6 Å². The number of hydrogen-bond donors (Lipinski definition) is 1. The van der Waals surface area contributed by atoms with Crippen LogP contribution in [0.1, 0.15) is 26.7 Å². The standard InChI is InChI=1S/C11H24N2S/c1-10(2)13-7-5-11(9-13)12-6-4-8-14-3/h10-12H,4-9H2,1-3H3. The molecule has 0 aromatic heterocycles. The molecule has 3 heteroatoms. The van der Waals surface area contributed by atoms with Crippen LogP contribution in [0.3, 0.4) is 0 Å². The van der Waals surface area contributed by atoms with E-state index in [-0.39, 0.29) is 0 Å². The highest BCUT2D eigenvalue weighted by molar-refractivity contribution is 7.98. The molecular weight excluding hydrogens is 192 g/mol. The molecule has 1 saturated heterocycles. The summed E-state index contributed by atoms with van der Waals surface area (Å²) in [5.74, 6) is 1.29. The van der Waals surface area contributed by atoms with Crippen molar-refractivity contribution in [1.82, 2.24) is 10.2 Å². The molecule has 1 aliphatic rings. The van der Waals surface area contributed by atoms with Gasteiger partial charge in [0.2, 0.25) is 0 Å². The molecule has 14 heavy (non-hydrogen) atoms. The molecule has 84 valence electrons. The molecule has 0 aromatic carbocycles. The van der Waals surface area contributed by atoms with Crippen molar-refractivity contribution in [2.45, 2.75) is 38.8 Å². The number of rotatable bonds is 6. The van der Waals surface area contributed by atoms with E-state index >= 15 is 0 Å². The lowest BCUT2D eigenvalue weighted by atomic mass is 10.2. The van der Waals surface area contributed by atoms with Crippen molar-refractivity contribution in [1.29, 1.82) is 0 Å². The van der Waals surface area contributed by atoms with Crippen LogP contribution in [0, 0.1) is 0 Å². The highest BCUT2D eigenvalue weighted by Gasteiger charge is 2.22. The Bertz CT molecular complexity index is 150. The third-order valence-corrected chi connectivity index (χ3v) is 3.61. The largest absolute Gasteiger partial charge is 0.313 e. The molecule has 0 aliphatic carbocycles. The first kappa shape index (κ1) is 12.3. The van der Waals surface area contributed by atoms with Gasteiger partial charge in [0, 0.05) is 18.6 Å². The Morgan fingerprint density at radius 1 is 1.50 bits per heavy atom. The quantitative estimate of drug-likeness (QED) is 0.682. The third kappa shape index (κ3) is 4.20. The minimum Gasteiger partial charge on any atom is -0.313 e. The van der Waals surface area contributed by atoms with Crippen LogP contribution in [0.2, 0.25) is 0 Å². The number of nitrogens with zero attached hydrogens (tertiary/aromatic N) is 1. The van der Waals surface area contributed by atoms with E-state index in [2.05, 4.69) is 30.3 Å². The van der Waals surface area contributed by atoms with Crippen molar-refractivity contribution < 1.29 is 0 Å². The molecule has 1 aliphatic heterocycles. The zero-order valence-corrected chi connectivity index (χ0v) is 10.6. The second-order valence-corrected chi connectivity index (χ2v) is 5.36. The van der Waals surface area contributed by atoms with Gasteiger partial charge >= 0.3 is 0 Å². The number of hydrogen-bond acceptors (Lipinski definition) is 3. The van der Waals surface area contributed by atoms with Gasteiger partial charge in [0.25, 0.3) is 0 Å². The van der Waals surface area contributed by atoms with Crippen molar-refractivity contribution in [2.75, 3.05) is 31.6 Å². The van der Waals surface area contributed by atoms with Crippen molar-refractivity contribution >= 4 is 11.8 Å². The highest BCUT2D eigenvalue weighted by atomic mass is 32.2. The first-order valence-corrected chi connectivity index (χ1v) is 7.09. The predicted octanol–water partition coefficient (Wildman–Crippen LogP) is 1.81. The lowest BCUT2D eigenvalue weighted by molar-refractivity contribution is 0.268. The molecule has 1 fully saturated rings. The Kier molecular flexibility index (Phi) is 5.90. The molecule has 1 unspecified atom stereocenters. The normalized spacial score (nSPS) is 23.6. The van der Waals surface area contributed by atoms with Crippen molar-refractivity contribution in [3.05, 3.63) is 0 Å². The number of thioether (sulfide) groups is 1. The molecule has 0 saturated carbocycles.